The van der Waals surface area contributed by atoms with E-state index in [1.165, 1.54) is 6.42 Å². The van der Waals surface area contributed by atoms with Gasteiger partial charge in [-0.1, -0.05) is 0 Å². The Hall–Kier alpha value is -0.610. The smallest absolute Gasteiger partial charge is 0.226 e. The molecule has 4 nitrogen and oxygen atoms in total. The highest BCUT2D eigenvalue weighted by Crippen LogP contribution is 2.59. The van der Waals surface area contributed by atoms with Crippen LogP contribution in [0.5, 0.6) is 0 Å². The maximum Gasteiger partial charge on any atom is 0.226 e. The minimum absolute atomic E-state index is 0.244. The van der Waals surface area contributed by atoms with Crippen LogP contribution in [-0.2, 0) is 4.79 Å². The van der Waals surface area contributed by atoms with Crippen molar-refractivity contribution < 1.29 is 4.79 Å². The Morgan fingerprint density at radius 3 is 2.30 bits per heavy atom. The monoisotopic (exact) mass is 279 g/mol. The predicted octanol–water partition coefficient (Wildman–Crippen LogP) is 1.27. The van der Waals surface area contributed by atoms with Gasteiger partial charge in [0, 0.05) is 44.2 Å². The summed E-state index contributed by atoms with van der Waals surface area (Å²) in [5.74, 6) is 0.757. The molecule has 3 fully saturated rings. The van der Waals surface area contributed by atoms with Crippen LogP contribution < -0.4 is 0 Å². The number of rotatable bonds is 1. The van der Waals surface area contributed by atoms with E-state index in [2.05, 4.69) is 42.5 Å². The summed E-state index contributed by atoms with van der Waals surface area (Å²) in [7, 11) is 2.14. The first-order chi connectivity index (χ1) is 9.32. The molecule has 0 aromatic carbocycles. The second-order valence-electron chi connectivity index (χ2n) is 8.09. The highest BCUT2D eigenvalue weighted by molar-refractivity contribution is 5.83. The minimum Gasteiger partial charge on any atom is -0.340 e. The van der Waals surface area contributed by atoms with Crippen molar-refractivity contribution in [2.24, 2.45) is 11.3 Å². The van der Waals surface area contributed by atoms with Gasteiger partial charge in [-0.3, -0.25) is 9.69 Å². The number of carbonyl (C=O) groups excluding carboxylic acids is 1. The van der Waals surface area contributed by atoms with Crippen molar-refractivity contribution in [3.63, 3.8) is 0 Å². The molecule has 2 atom stereocenters. The molecule has 20 heavy (non-hydrogen) atoms. The van der Waals surface area contributed by atoms with Crippen LogP contribution >= 0.6 is 0 Å². The van der Waals surface area contributed by atoms with E-state index < -0.39 is 0 Å². The second kappa shape index (κ2) is 4.70. The van der Waals surface area contributed by atoms with Crippen LogP contribution in [0.1, 0.15) is 33.6 Å². The van der Waals surface area contributed by atoms with Crippen molar-refractivity contribution >= 4 is 5.91 Å². The number of hydrogen-bond donors (Lipinski definition) is 0. The van der Waals surface area contributed by atoms with Crippen molar-refractivity contribution in [2.75, 3.05) is 46.3 Å². The van der Waals surface area contributed by atoms with Crippen LogP contribution in [0.25, 0.3) is 0 Å². The quantitative estimate of drug-likeness (QED) is 0.723. The third-order valence-electron chi connectivity index (χ3n) is 5.64. The van der Waals surface area contributed by atoms with Gasteiger partial charge in [0.15, 0.2) is 0 Å². The van der Waals surface area contributed by atoms with Gasteiger partial charge in [0.2, 0.25) is 5.91 Å². The number of likely N-dealkylation sites (tertiary alicyclic amines) is 1. The van der Waals surface area contributed by atoms with Gasteiger partial charge >= 0.3 is 0 Å². The van der Waals surface area contributed by atoms with Gasteiger partial charge in [-0.25, -0.2) is 0 Å². The van der Waals surface area contributed by atoms with E-state index in [0.29, 0.717) is 17.2 Å². The lowest BCUT2D eigenvalue weighted by atomic mass is 10.0. The molecule has 4 heteroatoms. The van der Waals surface area contributed by atoms with Crippen molar-refractivity contribution in [1.82, 2.24) is 14.7 Å². The lowest BCUT2D eigenvalue weighted by Crippen LogP contribution is -2.48. The fourth-order valence-electron chi connectivity index (χ4n) is 3.86. The molecule has 2 saturated heterocycles. The van der Waals surface area contributed by atoms with Gasteiger partial charge in [0.1, 0.15) is 0 Å². The van der Waals surface area contributed by atoms with Gasteiger partial charge in [-0.05, 0) is 52.6 Å². The third kappa shape index (κ3) is 2.48. The Morgan fingerprint density at radius 2 is 1.75 bits per heavy atom. The number of piperazine rings is 1. The summed E-state index contributed by atoms with van der Waals surface area (Å²) in [5, 5.41) is 0. The van der Waals surface area contributed by atoms with Crippen LogP contribution in [0.2, 0.25) is 0 Å². The summed E-state index contributed by atoms with van der Waals surface area (Å²) >= 11 is 0. The highest BCUT2D eigenvalue weighted by Gasteiger charge is 2.62. The van der Waals surface area contributed by atoms with Crippen LogP contribution in [0, 0.1) is 11.3 Å². The molecule has 1 saturated carbocycles. The third-order valence-corrected chi connectivity index (χ3v) is 5.64. The molecule has 0 radical (unpaired) electrons. The molecular weight excluding hydrogens is 250 g/mol. The Labute approximate surface area is 123 Å². The molecule has 1 aliphatic carbocycles. The molecule has 0 aromatic heterocycles. The Balaban J connectivity index is 1.58. The van der Waals surface area contributed by atoms with Gasteiger partial charge in [-0.2, -0.15) is 0 Å². The molecule has 3 aliphatic rings. The van der Waals surface area contributed by atoms with E-state index in [4.69, 9.17) is 0 Å². The van der Waals surface area contributed by atoms with E-state index in [0.717, 1.165) is 45.7 Å². The zero-order valence-corrected chi connectivity index (χ0v) is 13.5. The molecule has 0 bridgehead atoms. The lowest BCUT2D eigenvalue weighted by molar-refractivity contribution is -0.135. The zero-order valence-electron chi connectivity index (χ0n) is 13.5. The van der Waals surface area contributed by atoms with E-state index in [1.54, 1.807) is 0 Å². The summed E-state index contributed by atoms with van der Waals surface area (Å²) in [6, 6.07) is 0. The Bertz CT molecular complexity index is 395. The van der Waals surface area contributed by atoms with Crippen molar-refractivity contribution in [3.05, 3.63) is 0 Å². The molecule has 0 N–H and O–H groups in total. The second-order valence-corrected chi connectivity index (χ2v) is 8.09. The molecule has 2 aliphatic heterocycles. The normalized spacial score (nSPS) is 35.8. The molecule has 114 valence electrons. The standard InChI is InChI=1S/C16H29N3O/c1-15(2,3)19-6-5-16(12-19)11-13(16)14(20)18-9-7-17(4)8-10-18/h13H,5-12H2,1-4H3. The number of amides is 1. The van der Waals surface area contributed by atoms with E-state index in [-0.39, 0.29) is 5.54 Å². The number of carbonyl (C=O) groups is 1. The van der Waals surface area contributed by atoms with Crippen molar-refractivity contribution in [2.45, 2.75) is 39.2 Å². The molecule has 0 aromatic rings. The van der Waals surface area contributed by atoms with Crippen LogP contribution in [0.15, 0.2) is 0 Å². The van der Waals surface area contributed by atoms with Gasteiger partial charge in [0.25, 0.3) is 0 Å². The van der Waals surface area contributed by atoms with Crippen molar-refractivity contribution in [1.29, 1.82) is 0 Å². The van der Waals surface area contributed by atoms with Crippen LogP contribution in [0.3, 0.4) is 0 Å². The molecule has 1 amide bonds. The summed E-state index contributed by atoms with van der Waals surface area (Å²) in [5.41, 5.74) is 0.571. The number of nitrogens with zero attached hydrogens (tertiary/aromatic N) is 3. The van der Waals surface area contributed by atoms with E-state index in [9.17, 15) is 4.79 Å². The van der Waals surface area contributed by atoms with E-state index >= 15 is 0 Å². The van der Waals surface area contributed by atoms with Crippen LogP contribution in [-0.4, -0.2) is 72.5 Å². The number of hydrogen-bond acceptors (Lipinski definition) is 3. The van der Waals surface area contributed by atoms with Crippen molar-refractivity contribution in [3.8, 4) is 0 Å². The van der Waals surface area contributed by atoms with Gasteiger partial charge in [0.05, 0.1) is 0 Å². The molecule has 3 rings (SSSR count). The molecular formula is C16H29N3O. The van der Waals surface area contributed by atoms with Crippen LogP contribution in [0.4, 0.5) is 0 Å². The fraction of sp³-hybridized carbons (Fsp3) is 0.938. The molecule has 2 unspecified atom stereocenters. The predicted molar refractivity (Wildman–Crippen MR) is 80.6 cm³/mol. The molecule has 2 heterocycles. The molecule has 1 spiro atoms. The van der Waals surface area contributed by atoms with Gasteiger partial charge < -0.3 is 9.80 Å². The SMILES string of the molecule is CN1CCN(C(=O)C2CC23CCN(C(C)(C)C)C3)CC1. The Morgan fingerprint density at radius 1 is 1.10 bits per heavy atom. The lowest BCUT2D eigenvalue weighted by Gasteiger charge is -2.33. The minimum atomic E-state index is 0.244. The summed E-state index contributed by atoms with van der Waals surface area (Å²) in [6.45, 7) is 13.0. The highest BCUT2D eigenvalue weighted by atomic mass is 16.2. The van der Waals surface area contributed by atoms with E-state index in [1.807, 2.05) is 0 Å². The average molecular weight is 279 g/mol. The summed E-state index contributed by atoms with van der Waals surface area (Å²) < 4.78 is 0. The first-order valence-corrected chi connectivity index (χ1v) is 8.04. The summed E-state index contributed by atoms with van der Waals surface area (Å²) in [6.07, 6.45) is 2.35. The van der Waals surface area contributed by atoms with Gasteiger partial charge in [-0.15, -0.1) is 0 Å². The maximum atomic E-state index is 12.7. The summed E-state index contributed by atoms with van der Waals surface area (Å²) in [4.78, 5) is 19.7. The average Bonchev–Trinajstić information content (AvgIpc) is 2.87. The topological polar surface area (TPSA) is 26.8 Å². The number of likely N-dealkylation sites (N-methyl/N-ethyl adjacent to an activating group) is 1. The largest absolute Gasteiger partial charge is 0.340 e. The Kier molecular flexibility index (Phi) is 3.37. The zero-order chi connectivity index (χ0) is 14.5. The maximum absolute atomic E-state index is 12.7. The first kappa shape index (κ1) is 14.3. The fourth-order valence-corrected chi connectivity index (χ4v) is 3.86. The first-order valence-electron chi connectivity index (χ1n) is 8.04.